The Balaban J connectivity index is 2.63. The van der Waals surface area contributed by atoms with Crippen LogP contribution in [0.2, 0.25) is 0 Å². The molecule has 0 aromatic heterocycles. The Hall–Kier alpha value is -2.46. The first-order valence-electron chi connectivity index (χ1n) is 8.35. The number of carbonyl (C=O) groups is 3. The van der Waals surface area contributed by atoms with Gasteiger partial charge in [-0.05, 0) is 37.6 Å². The van der Waals surface area contributed by atoms with E-state index in [1.807, 2.05) is 13.8 Å². The van der Waals surface area contributed by atoms with Gasteiger partial charge in [-0.1, -0.05) is 6.92 Å². The van der Waals surface area contributed by atoms with E-state index in [0.29, 0.717) is 5.69 Å². The molecule has 1 atom stereocenters. The maximum absolute atomic E-state index is 12.5. The minimum Gasteiger partial charge on any atom is -0.455 e. The molecule has 0 aliphatic heterocycles. The maximum atomic E-state index is 12.5. The lowest BCUT2D eigenvalue weighted by Crippen LogP contribution is -2.37. The highest BCUT2D eigenvalue weighted by molar-refractivity contribution is 7.89. The molecule has 0 spiro atoms. The number of amides is 2. The number of benzene rings is 1. The standard InChI is InChI=1S/C17H25N3O6S/c1-5-12(2)18-16(22)11-26-17(23)10-20(4)27(24,25)15-8-6-14(7-9-15)19-13(3)21/h6-9,12H,5,10-11H2,1-4H3,(H,18,22)(H,19,21)/t12-/m0/s1. The van der Waals surface area contributed by atoms with E-state index in [2.05, 4.69) is 10.6 Å². The van der Waals surface area contributed by atoms with Crippen molar-refractivity contribution >= 4 is 33.5 Å². The van der Waals surface area contributed by atoms with Crippen LogP contribution in [0.25, 0.3) is 0 Å². The number of likely N-dealkylation sites (N-methyl/N-ethyl adjacent to an activating group) is 1. The van der Waals surface area contributed by atoms with Crippen LogP contribution in [-0.2, 0) is 29.1 Å². The summed E-state index contributed by atoms with van der Waals surface area (Å²) in [5.74, 6) is -1.56. The van der Waals surface area contributed by atoms with E-state index >= 15 is 0 Å². The lowest BCUT2D eigenvalue weighted by molar-refractivity contribution is -0.148. The smallest absolute Gasteiger partial charge is 0.321 e. The molecule has 9 nitrogen and oxygen atoms in total. The molecule has 0 saturated carbocycles. The molecule has 10 heteroatoms. The van der Waals surface area contributed by atoms with E-state index in [4.69, 9.17) is 4.74 Å². The van der Waals surface area contributed by atoms with Gasteiger partial charge < -0.3 is 15.4 Å². The maximum Gasteiger partial charge on any atom is 0.321 e. The van der Waals surface area contributed by atoms with Gasteiger partial charge in [0.15, 0.2) is 6.61 Å². The van der Waals surface area contributed by atoms with Crippen molar-refractivity contribution in [2.75, 3.05) is 25.5 Å². The molecule has 1 rings (SSSR count). The molecule has 0 fully saturated rings. The summed E-state index contributed by atoms with van der Waals surface area (Å²) < 4.78 is 30.6. The third-order valence-corrected chi connectivity index (χ3v) is 5.44. The minimum absolute atomic E-state index is 0.0404. The van der Waals surface area contributed by atoms with Crippen LogP contribution in [0.3, 0.4) is 0 Å². The molecule has 1 aromatic carbocycles. The Morgan fingerprint density at radius 1 is 1.19 bits per heavy atom. The Labute approximate surface area is 159 Å². The third kappa shape index (κ3) is 7.35. The number of carbonyl (C=O) groups excluding carboxylic acids is 3. The number of hydrogen-bond acceptors (Lipinski definition) is 6. The van der Waals surface area contributed by atoms with E-state index in [-0.39, 0.29) is 16.8 Å². The van der Waals surface area contributed by atoms with Crippen molar-refractivity contribution in [2.24, 2.45) is 0 Å². The zero-order valence-electron chi connectivity index (χ0n) is 15.8. The van der Waals surface area contributed by atoms with Crippen molar-refractivity contribution in [1.29, 1.82) is 0 Å². The second-order valence-electron chi connectivity index (χ2n) is 6.00. The van der Waals surface area contributed by atoms with Gasteiger partial charge in [0.05, 0.1) is 4.90 Å². The Morgan fingerprint density at radius 2 is 1.78 bits per heavy atom. The first-order valence-corrected chi connectivity index (χ1v) is 9.79. The lowest BCUT2D eigenvalue weighted by Gasteiger charge is -2.17. The molecule has 27 heavy (non-hydrogen) atoms. The van der Waals surface area contributed by atoms with Gasteiger partial charge in [-0.3, -0.25) is 14.4 Å². The lowest BCUT2D eigenvalue weighted by atomic mass is 10.2. The Morgan fingerprint density at radius 3 is 2.30 bits per heavy atom. The average molecular weight is 399 g/mol. The summed E-state index contributed by atoms with van der Waals surface area (Å²) in [5.41, 5.74) is 0.454. The van der Waals surface area contributed by atoms with Crippen molar-refractivity contribution in [2.45, 2.75) is 38.1 Å². The SMILES string of the molecule is CC[C@H](C)NC(=O)COC(=O)CN(C)S(=O)(=O)c1ccc(NC(C)=O)cc1. The van der Waals surface area contributed by atoms with E-state index < -0.39 is 35.1 Å². The summed E-state index contributed by atoms with van der Waals surface area (Å²) >= 11 is 0. The largest absolute Gasteiger partial charge is 0.455 e. The van der Waals surface area contributed by atoms with Crippen LogP contribution >= 0.6 is 0 Å². The fourth-order valence-electron chi connectivity index (χ4n) is 1.97. The Kier molecular flexibility index (Phi) is 8.38. The van der Waals surface area contributed by atoms with Crippen LogP contribution in [0, 0.1) is 0 Å². The van der Waals surface area contributed by atoms with Crippen LogP contribution in [0.15, 0.2) is 29.2 Å². The molecule has 0 aliphatic carbocycles. The molecule has 0 aliphatic rings. The average Bonchev–Trinajstić information content (AvgIpc) is 2.59. The van der Waals surface area contributed by atoms with Crippen LogP contribution in [-0.4, -0.2) is 56.7 Å². The minimum atomic E-state index is -3.92. The van der Waals surface area contributed by atoms with E-state index in [1.54, 1.807) is 0 Å². The first kappa shape index (κ1) is 22.6. The number of esters is 1. The van der Waals surface area contributed by atoms with Gasteiger partial charge in [-0.15, -0.1) is 0 Å². The highest BCUT2D eigenvalue weighted by Crippen LogP contribution is 2.17. The first-order chi connectivity index (χ1) is 12.6. The highest BCUT2D eigenvalue weighted by atomic mass is 32.2. The highest BCUT2D eigenvalue weighted by Gasteiger charge is 2.24. The number of nitrogens with one attached hydrogen (secondary N) is 2. The zero-order chi connectivity index (χ0) is 20.6. The molecular formula is C17H25N3O6S. The normalized spacial score (nSPS) is 12.3. The summed E-state index contributed by atoms with van der Waals surface area (Å²) in [6.45, 7) is 4.05. The van der Waals surface area contributed by atoms with Gasteiger partial charge in [-0.2, -0.15) is 4.31 Å². The van der Waals surface area contributed by atoms with Crippen LogP contribution in [0.1, 0.15) is 27.2 Å². The predicted molar refractivity (Wildman–Crippen MR) is 99.4 cm³/mol. The number of nitrogens with zero attached hydrogens (tertiary/aromatic N) is 1. The summed E-state index contributed by atoms with van der Waals surface area (Å²) in [4.78, 5) is 34.3. The van der Waals surface area contributed by atoms with Gasteiger partial charge in [0, 0.05) is 25.7 Å². The predicted octanol–water partition coefficient (Wildman–Crippen LogP) is 0.723. The van der Waals surface area contributed by atoms with Crippen molar-refractivity contribution in [3.8, 4) is 0 Å². The van der Waals surface area contributed by atoms with Gasteiger partial charge in [0.1, 0.15) is 6.54 Å². The van der Waals surface area contributed by atoms with E-state index in [9.17, 15) is 22.8 Å². The summed E-state index contributed by atoms with van der Waals surface area (Å²) in [7, 11) is -2.69. The number of rotatable bonds is 9. The molecule has 2 N–H and O–H groups in total. The fourth-order valence-corrected chi connectivity index (χ4v) is 3.09. The molecule has 2 amide bonds. The van der Waals surface area contributed by atoms with Crippen molar-refractivity contribution in [3.63, 3.8) is 0 Å². The summed E-state index contributed by atoms with van der Waals surface area (Å²) in [6, 6.07) is 5.49. The van der Waals surface area contributed by atoms with Crippen LogP contribution in [0.5, 0.6) is 0 Å². The van der Waals surface area contributed by atoms with Crippen LogP contribution in [0.4, 0.5) is 5.69 Å². The zero-order valence-corrected chi connectivity index (χ0v) is 16.6. The van der Waals surface area contributed by atoms with Gasteiger partial charge in [0.25, 0.3) is 5.91 Å². The molecule has 0 saturated heterocycles. The molecule has 150 valence electrons. The van der Waals surface area contributed by atoms with E-state index in [0.717, 1.165) is 10.7 Å². The molecule has 0 radical (unpaired) electrons. The quantitative estimate of drug-likeness (QED) is 0.590. The molecule has 0 heterocycles. The second kappa shape index (κ2) is 10.0. The summed E-state index contributed by atoms with van der Waals surface area (Å²) in [5, 5.41) is 5.17. The fraction of sp³-hybridized carbons (Fsp3) is 0.471. The van der Waals surface area contributed by atoms with Crippen molar-refractivity contribution in [1.82, 2.24) is 9.62 Å². The summed E-state index contributed by atoms with van der Waals surface area (Å²) in [6.07, 6.45) is 0.737. The monoisotopic (exact) mass is 399 g/mol. The van der Waals surface area contributed by atoms with Crippen molar-refractivity contribution in [3.05, 3.63) is 24.3 Å². The van der Waals surface area contributed by atoms with Gasteiger partial charge in [-0.25, -0.2) is 8.42 Å². The molecule has 1 aromatic rings. The van der Waals surface area contributed by atoms with Gasteiger partial charge in [0.2, 0.25) is 15.9 Å². The van der Waals surface area contributed by atoms with Crippen molar-refractivity contribution < 1.29 is 27.5 Å². The third-order valence-electron chi connectivity index (χ3n) is 3.62. The van der Waals surface area contributed by atoms with Gasteiger partial charge >= 0.3 is 5.97 Å². The molecular weight excluding hydrogens is 374 g/mol. The Bertz CT molecular complexity index is 776. The van der Waals surface area contributed by atoms with E-state index in [1.165, 1.54) is 38.2 Å². The number of sulfonamides is 1. The molecule has 0 unspecified atom stereocenters. The number of ether oxygens (including phenoxy) is 1. The van der Waals surface area contributed by atoms with Crippen LogP contribution < -0.4 is 10.6 Å². The number of hydrogen-bond donors (Lipinski definition) is 2. The molecule has 0 bridgehead atoms. The second-order valence-corrected chi connectivity index (χ2v) is 8.05. The topological polar surface area (TPSA) is 122 Å². The number of anilines is 1.